The van der Waals surface area contributed by atoms with Crippen LogP contribution in [0.2, 0.25) is 0 Å². The monoisotopic (exact) mass is 899 g/mol. The topological polar surface area (TPSA) is 225 Å². The number of fused-ring (bicyclic) bond motifs is 1. The Kier molecular flexibility index (Phi) is 19.5. The number of hydrogen-bond donors (Lipinski definition) is 2. The molecule has 360 valence electrons. The van der Waals surface area contributed by atoms with E-state index in [9.17, 15) is 34.2 Å². The molecule has 2 N–H and O–H groups in total. The maximum Gasteiger partial charge on any atom is 0.309 e. The Morgan fingerprint density at radius 1 is 0.952 bits per heavy atom. The van der Waals surface area contributed by atoms with Gasteiger partial charge < -0.3 is 67.3 Å². The molecule has 3 saturated heterocycles. The summed E-state index contributed by atoms with van der Waals surface area (Å²) in [5.41, 5.74) is -1.52. The SMILES string of the molecule is CCC(=O)OC1C=CC2OC2CC(C)OC(=O)CC(OC(C)=O)C(OC)C(OC2OC(C)C(OC3CC(C)(O)C(OC(=O)CC(C)C)C(C)O3)C(N(C)C)C2O)C(CC=O)CC1C. The molecule has 0 saturated carbocycles. The maximum absolute atomic E-state index is 13.5. The Balaban J connectivity index is 1.68. The number of aliphatic hydroxyl groups excluding tert-OH is 1. The van der Waals surface area contributed by atoms with Gasteiger partial charge in [0.2, 0.25) is 0 Å². The summed E-state index contributed by atoms with van der Waals surface area (Å²) in [5.74, 6) is -3.35. The average molecular weight is 900 g/mol. The highest BCUT2D eigenvalue weighted by Gasteiger charge is 2.53. The van der Waals surface area contributed by atoms with Crippen LogP contribution in [0.15, 0.2) is 12.2 Å². The molecule has 0 spiro atoms. The van der Waals surface area contributed by atoms with E-state index in [1.807, 2.05) is 26.8 Å². The van der Waals surface area contributed by atoms with Gasteiger partial charge in [0, 0.05) is 46.1 Å². The summed E-state index contributed by atoms with van der Waals surface area (Å²) >= 11 is 0. The van der Waals surface area contributed by atoms with Crippen molar-refractivity contribution in [3.05, 3.63) is 12.2 Å². The summed E-state index contributed by atoms with van der Waals surface area (Å²) in [6.07, 6.45) is -8.04. The molecule has 18 unspecified atom stereocenters. The van der Waals surface area contributed by atoms with Crippen LogP contribution in [0, 0.1) is 17.8 Å². The highest BCUT2D eigenvalue weighted by atomic mass is 16.7. The number of carbonyl (C=O) groups is 5. The van der Waals surface area contributed by atoms with E-state index >= 15 is 0 Å². The lowest BCUT2D eigenvalue weighted by atomic mass is 9.82. The van der Waals surface area contributed by atoms with Gasteiger partial charge >= 0.3 is 23.9 Å². The number of rotatable bonds is 14. The van der Waals surface area contributed by atoms with Gasteiger partial charge in [-0.05, 0) is 72.0 Å². The Morgan fingerprint density at radius 3 is 2.24 bits per heavy atom. The second-order valence-electron chi connectivity index (χ2n) is 18.5. The summed E-state index contributed by atoms with van der Waals surface area (Å²) in [6, 6.07) is -0.808. The maximum atomic E-state index is 13.5. The van der Waals surface area contributed by atoms with E-state index in [0.29, 0.717) is 12.7 Å². The quantitative estimate of drug-likeness (QED) is 0.0840. The lowest BCUT2D eigenvalue weighted by Crippen LogP contribution is -2.66. The second-order valence-corrected chi connectivity index (χ2v) is 18.5. The zero-order valence-electron chi connectivity index (χ0n) is 39.0. The van der Waals surface area contributed by atoms with E-state index in [-0.39, 0.29) is 50.2 Å². The summed E-state index contributed by atoms with van der Waals surface area (Å²) in [6.45, 7) is 15.2. The molecular formula is C45H73NO17. The largest absolute Gasteiger partial charge is 0.462 e. The Hall–Kier alpha value is -3.07. The molecule has 4 aliphatic heterocycles. The van der Waals surface area contributed by atoms with E-state index < -0.39 is 127 Å². The number of likely N-dealkylation sites (N-methyl/N-ethyl adjacent to an activating group) is 1. The van der Waals surface area contributed by atoms with Crippen LogP contribution in [-0.4, -0.2) is 164 Å². The van der Waals surface area contributed by atoms with E-state index in [1.54, 1.807) is 59.7 Å². The van der Waals surface area contributed by atoms with Crippen LogP contribution in [0.4, 0.5) is 0 Å². The number of esters is 4. The molecule has 18 heteroatoms. The molecule has 18 nitrogen and oxygen atoms in total. The van der Waals surface area contributed by atoms with Crippen LogP contribution < -0.4 is 0 Å². The molecule has 0 aliphatic carbocycles. The van der Waals surface area contributed by atoms with E-state index in [4.69, 9.17) is 47.4 Å². The predicted molar refractivity (Wildman–Crippen MR) is 224 cm³/mol. The first-order valence-corrected chi connectivity index (χ1v) is 22.3. The van der Waals surface area contributed by atoms with Gasteiger partial charge in [-0.25, -0.2) is 0 Å². The van der Waals surface area contributed by atoms with Crippen molar-refractivity contribution in [2.45, 2.75) is 205 Å². The van der Waals surface area contributed by atoms with Crippen molar-refractivity contribution in [1.29, 1.82) is 0 Å². The third-order valence-electron chi connectivity index (χ3n) is 12.1. The molecule has 63 heavy (non-hydrogen) atoms. The van der Waals surface area contributed by atoms with Gasteiger partial charge in [-0.2, -0.15) is 0 Å². The Morgan fingerprint density at radius 2 is 1.65 bits per heavy atom. The van der Waals surface area contributed by atoms with Gasteiger partial charge in [0.05, 0.1) is 36.9 Å². The lowest BCUT2D eigenvalue weighted by Gasteiger charge is -2.50. The molecule has 3 fully saturated rings. The van der Waals surface area contributed by atoms with Gasteiger partial charge in [0.25, 0.3) is 0 Å². The fourth-order valence-corrected chi connectivity index (χ4v) is 9.00. The van der Waals surface area contributed by atoms with E-state index in [1.165, 1.54) is 14.0 Å². The first kappa shape index (κ1) is 52.6. The van der Waals surface area contributed by atoms with Gasteiger partial charge in [-0.15, -0.1) is 0 Å². The van der Waals surface area contributed by atoms with Crippen molar-refractivity contribution in [1.82, 2.24) is 4.90 Å². The van der Waals surface area contributed by atoms with Crippen LogP contribution in [0.25, 0.3) is 0 Å². The normalized spacial score (nSPS) is 40.4. The zero-order chi connectivity index (χ0) is 46.9. The molecule has 0 radical (unpaired) electrons. The Labute approximate surface area is 371 Å². The second kappa shape index (κ2) is 23.4. The van der Waals surface area contributed by atoms with Crippen LogP contribution >= 0.6 is 0 Å². The highest BCUT2D eigenvalue weighted by Crippen LogP contribution is 2.38. The molecule has 4 rings (SSSR count). The number of carbonyl (C=O) groups excluding carboxylic acids is 5. The third kappa shape index (κ3) is 14.7. The summed E-state index contributed by atoms with van der Waals surface area (Å²) in [5, 5.41) is 23.7. The fraction of sp³-hybridized carbons (Fsp3) is 0.844. The van der Waals surface area contributed by atoms with Gasteiger partial charge in [-0.3, -0.25) is 19.2 Å². The molecule has 4 heterocycles. The molecule has 4 aliphatic rings. The Bertz CT molecular complexity index is 1550. The van der Waals surface area contributed by atoms with Gasteiger partial charge in [0.1, 0.15) is 54.6 Å². The molecule has 0 amide bonds. The van der Waals surface area contributed by atoms with Crippen molar-refractivity contribution in [3.63, 3.8) is 0 Å². The van der Waals surface area contributed by atoms with Crippen LogP contribution in [0.1, 0.15) is 107 Å². The fourth-order valence-electron chi connectivity index (χ4n) is 9.00. The number of cyclic esters (lactones) is 1. The minimum Gasteiger partial charge on any atom is -0.462 e. The molecule has 0 bridgehead atoms. The summed E-state index contributed by atoms with van der Waals surface area (Å²) in [7, 11) is 4.84. The number of nitrogens with zero attached hydrogens (tertiary/aromatic N) is 1. The molecular weight excluding hydrogens is 826 g/mol. The van der Waals surface area contributed by atoms with Crippen molar-refractivity contribution in [2.75, 3.05) is 21.2 Å². The van der Waals surface area contributed by atoms with Gasteiger partial charge in [-0.1, -0.05) is 33.8 Å². The number of methoxy groups -OCH3 is 1. The minimum atomic E-state index is -1.52. The lowest BCUT2D eigenvalue weighted by molar-refractivity contribution is -0.344. The number of aldehydes is 1. The van der Waals surface area contributed by atoms with Crippen molar-refractivity contribution < 1.29 is 81.6 Å². The first-order valence-electron chi connectivity index (χ1n) is 22.3. The first-order chi connectivity index (χ1) is 29.6. The van der Waals surface area contributed by atoms with Crippen molar-refractivity contribution in [2.24, 2.45) is 17.8 Å². The average Bonchev–Trinajstić information content (AvgIpc) is 3.91. The third-order valence-corrected chi connectivity index (χ3v) is 12.1. The van der Waals surface area contributed by atoms with Gasteiger partial charge in [0.15, 0.2) is 18.7 Å². The van der Waals surface area contributed by atoms with Crippen molar-refractivity contribution in [3.8, 4) is 0 Å². The predicted octanol–water partition coefficient (Wildman–Crippen LogP) is 3.19. The van der Waals surface area contributed by atoms with E-state index in [2.05, 4.69) is 0 Å². The number of hydrogen-bond acceptors (Lipinski definition) is 18. The standard InChI is InChI=1S/C45H73NO17/c1-13-34(49)60-30-14-15-31-32(59-31)20-25(5)55-36(51)21-33(58-28(8)48)42(54-12)41(29(16-17-47)19-24(30)4)63-44-39(52)38(46(10)11)40(26(6)57-44)62-37-22-45(9,53)43(27(7)56-37)61-35(50)18-23(2)3/h14-15,17,23-27,29-33,37-44,52-53H,13,16,18-22H2,1-12H3. The molecule has 0 aromatic rings. The minimum absolute atomic E-state index is 0.0593. The molecule has 0 aromatic carbocycles. The van der Waals surface area contributed by atoms with Crippen LogP contribution in [0.3, 0.4) is 0 Å². The van der Waals surface area contributed by atoms with E-state index in [0.717, 1.165) is 0 Å². The number of epoxide rings is 1. The number of ether oxygens (including phenoxy) is 10. The van der Waals surface area contributed by atoms with Crippen molar-refractivity contribution >= 4 is 30.2 Å². The number of aliphatic hydroxyl groups is 2. The zero-order valence-corrected chi connectivity index (χ0v) is 39.0. The summed E-state index contributed by atoms with van der Waals surface area (Å²) < 4.78 is 60.7. The van der Waals surface area contributed by atoms with Crippen LogP contribution in [-0.2, 0) is 71.3 Å². The molecule has 0 aromatic heterocycles. The smallest absolute Gasteiger partial charge is 0.309 e. The molecule has 18 atom stereocenters. The summed E-state index contributed by atoms with van der Waals surface area (Å²) in [4.78, 5) is 65.6. The highest BCUT2D eigenvalue weighted by molar-refractivity contribution is 5.72. The van der Waals surface area contributed by atoms with Crippen LogP contribution in [0.5, 0.6) is 0 Å².